The lowest BCUT2D eigenvalue weighted by Crippen LogP contribution is -2.29. The van der Waals surface area contributed by atoms with Crippen LogP contribution in [0.5, 0.6) is 0 Å². The molecule has 0 amide bonds. The van der Waals surface area contributed by atoms with E-state index >= 15 is 0 Å². The van der Waals surface area contributed by atoms with Crippen molar-refractivity contribution < 1.29 is 8.42 Å². The minimum Gasteiger partial charge on any atom is -0.326 e. The van der Waals surface area contributed by atoms with Gasteiger partial charge in [-0.1, -0.05) is 19.4 Å². The Balaban J connectivity index is 2.42. The SMILES string of the molecule is CCC1CCN(S(=O)(=O)c2cc(CN)cc(C)c2Br)C1. The lowest BCUT2D eigenvalue weighted by atomic mass is 10.1. The van der Waals surface area contributed by atoms with Gasteiger partial charge < -0.3 is 5.73 Å². The zero-order valence-corrected chi connectivity index (χ0v) is 14.3. The zero-order chi connectivity index (χ0) is 14.9. The van der Waals surface area contributed by atoms with Crippen LogP contribution in [0.25, 0.3) is 0 Å². The molecule has 1 aromatic carbocycles. The van der Waals surface area contributed by atoms with E-state index in [4.69, 9.17) is 5.73 Å². The fraction of sp³-hybridized carbons (Fsp3) is 0.571. The first-order valence-corrected chi connectivity index (χ1v) is 9.12. The second-order valence-electron chi connectivity index (χ2n) is 5.35. The summed E-state index contributed by atoms with van der Waals surface area (Å²) >= 11 is 3.41. The van der Waals surface area contributed by atoms with Gasteiger partial charge >= 0.3 is 0 Å². The van der Waals surface area contributed by atoms with Gasteiger partial charge in [0, 0.05) is 24.1 Å². The molecule has 0 aliphatic carbocycles. The topological polar surface area (TPSA) is 63.4 Å². The highest BCUT2D eigenvalue weighted by molar-refractivity contribution is 9.10. The zero-order valence-electron chi connectivity index (χ0n) is 11.9. The van der Waals surface area contributed by atoms with Crippen LogP contribution in [0, 0.1) is 12.8 Å². The van der Waals surface area contributed by atoms with Crippen molar-refractivity contribution in [3.05, 3.63) is 27.7 Å². The predicted molar refractivity (Wildman–Crippen MR) is 83.9 cm³/mol. The molecule has 1 fully saturated rings. The Morgan fingerprint density at radius 1 is 1.45 bits per heavy atom. The van der Waals surface area contributed by atoms with Gasteiger partial charge in [-0.2, -0.15) is 4.31 Å². The van der Waals surface area contributed by atoms with Gasteiger partial charge in [0.15, 0.2) is 0 Å². The molecular formula is C14H21BrN2O2S. The maximum absolute atomic E-state index is 12.8. The molecule has 1 atom stereocenters. The molecule has 0 spiro atoms. The Bertz CT molecular complexity index is 601. The van der Waals surface area contributed by atoms with Crippen molar-refractivity contribution in [3.8, 4) is 0 Å². The Labute approximate surface area is 129 Å². The summed E-state index contributed by atoms with van der Waals surface area (Å²) in [5.41, 5.74) is 7.40. The van der Waals surface area contributed by atoms with Gasteiger partial charge in [-0.25, -0.2) is 8.42 Å². The van der Waals surface area contributed by atoms with Gasteiger partial charge in [0.1, 0.15) is 0 Å². The summed E-state index contributed by atoms with van der Waals surface area (Å²) < 4.78 is 27.8. The number of nitrogens with two attached hydrogens (primary N) is 1. The maximum atomic E-state index is 12.8. The Kier molecular flexibility index (Phi) is 4.89. The van der Waals surface area contributed by atoms with Crippen molar-refractivity contribution in [2.45, 2.75) is 38.1 Å². The molecule has 1 unspecified atom stereocenters. The largest absolute Gasteiger partial charge is 0.326 e. The van der Waals surface area contributed by atoms with Crippen LogP contribution in [-0.2, 0) is 16.6 Å². The number of aryl methyl sites for hydroxylation is 1. The summed E-state index contributed by atoms with van der Waals surface area (Å²) in [5.74, 6) is 0.474. The van der Waals surface area contributed by atoms with Crippen molar-refractivity contribution in [3.63, 3.8) is 0 Å². The molecule has 4 nitrogen and oxygen atoms in total. The van der Waals surface area contributed by atoms with Crippen molar-refractivity contribution in [1.29, 1.82) is 0 Å². The number of benzene rings is 1. The molecule has 1 aromatic rings. The van der Waals surface area contributed by atoms with E-state index in [1.165, 1.54) is 0 Å². The molecule has 2 N–H and O–H groups in total. The van der Waals surface area contributed by atoms with Crippen molar-refractivity contribution in [1.82, 2.24) is 4.31 Å². The lowest BCUT2D eigenvalue weighted by molar-refractivity contribution is 0.452. The summed E-state index contributed by atoms with van der Waals surface area (Å²) in [4.78, 5) is 0.342. The average molecular weight is 361 g/mol. The van der Waals surface area contributed by atoms with Crippen molar-refractivity contribution in [2.75, 3.05) is 13.1 Å². The molecule has 1 aliphatic rings. The normalized spacial score (nSPS) is 20.5. The van der Waals surface area contributed by atoms with E-state index in [1.54, 1.807) is 10.4 Å². The highest BCUT2D eigenvalue weighted by Gasteiger charge is 2.33. The first-order chi connectivity index (χ1) is 9.40. The second-order valence-corrected chi connectivity index (χ2v) is 8.05. The highest BCUT2D eigenvalue weighted by atomic mass is 79.9. The molecule has 20 heavy (non-hydrogen) atoms. The summed E-state index contributed by atoms with van der Waals surface area (Å²) in [6.07, 6.45) is 1.97. The third kappa shape index (κ3) is 2.93. The monoisotopic (exact) mass is 360 g/mol. The van der Waals surface area contributed by atoms with Crippen molar-refractivity contribution in [2.24, 2.45) is 11.7 Å². The Morgan fingerprint density at radius 2 is 2.15 bits per heavy atom. The number of hydrogen-bond donors (Lipinski definition) is 1. The minimum atomic E-state index is -3.44. The van der Waals surface area contributed by atoms with E-state index in [0.29, 0.717) is 34.9 Å². The number of nitrogens with zero attached hydrogens (tertiary/aromatic N) is 1. The molecule has 0 radical (unpaired) electrons. The number of rotatable bonds is 4. The number of hydrogen-bond acceptors (Lipinski definition) is 3. The van der Waals surface area contributed by atoms with E-state index in [9.17, 15) is 8.42 Å². The number of sulfonamides is 1. The number of halogens is 1. The van der Waals surface area contributed by atoms with Gasteiger partial charge in [-0.3, -0.25) is 0 Å². The van der Waals surface area contributed by atoms with E-state index in [0.717, 1.165) is 24.0 Å². The van der Waals surface area contributed by atoms with Gasteiger partial charge in [0.25, 0.3) is 0 Å². The standard InChI is InChI=1S/C14H21BrN2O2S/c1-3-11-4-5-17(9-11)20(18,19)13-7-12(8-16)6-10(2)14(13)15/h6-7,11H,3-5,8-9,16H2,1-2H3. The predicted octanol–water partition coefficient (Wildman–Crippen LogP) is 2.64. The molecule has 6 heteroatoms. The smallest absolute Gasteiger partial charge is 0.244 e. The van der Waals surface area contributed by atoms with Crippen LogP contribution >= 0.6 is 15.9 Å². The quantitative estimate of drug-likeness (QED) is 0.897. The average Bonchev–Trinajstić information content (AvgIpc) is 2.91. The molecule has 0 aromatic heterocycles. The lowest BCUT2D eigenvalue weighted by Gasteiger charge is -2.19. The van der Waals surface area contributed by atoms with E-state index < -0.39 is 10.0 Å². The summed E-state index contributed by atoms with van der Waals surface area (Å²) in [5, 5.41) is 0. The van der Waals surface area contributed by atoms with Crippen molar-refractivity contribution >= 4 is 26.0 Å². The van der Waals surface area contributed by atoms with Crippen LogP contribution in [0.1, 0.15) is 30.9 Å². The second kappa shape index (κ2) is 6.13. The molecule has 1 heterocycles. The van der Waals surface area contributed by atoms with Crippen LogP contribution < -0.4 is 5.73 Å². The van der Waals surface area contributed by atoms with Crippen LogP contribution in [0.2, 0.25) is 0 Å². The third-order valence-electron chi connectivity index (χ3n) is 3.96. The third-order valence-corrected chi connectivity index (χ3v) is 7.16. The maximum Gasteiger partial charge on any atom is 0.244 e. The molecular weight excluding hydrogens is 340 g/mol. The summed E-state index contributed by atoms with van der Waals surface area (Å²) in [7, 11) is -3.44. The first-order valence-electron chi connectivity index (χ1n) is 6.89. The van der Waals surface area contributed by atoms with Gasteiger partial charge in [-0.05, 0) is 52.4 Å². The van der Waals surface area contributed by atoms with E-state index in [2.05, 4.69) is 22.9 Å². The van der Waals surface area contributed by atoms with Crippen LogP contribution in [-0.4, -0.2) is 25.8 Å². The van der Waals surface area contributed by atoms with E-state index in [1.807, 2.05) is 13.0 Å². The fourth-order valence-electron chi connectivity index (χ4n) is 2.60. The van der Waals surface area contributed by atoms with Crippen LogP contribution in [0.3, 0.4) is 0 Å². The Hall–Kier alpha value is -0.430. The molecule has 0 saturated carbocycles. The van der Waals surface area contributed by atoms with Crippen LogP contribution in [0.15, 0.2) is 21.5 Å². The van der Waals surface area contributed by atoms with Gasteiger partial charge in [0.2, 0.25) is 10.0 Å². The highest BCUT2D eigenvalue weighted by Crippen LogP contribution is 2.32. The van der Waals surface area contributed by atoms with Gasteiger partial charge in [0.05, 0.1) is 4.90 Å². The van der Waals surface area contributed by atoms with Crippen LogP contribution in [0.4, 0.5) is 0 Å². The minimum absolute atomic E-state index is 0.341. The fourth-order valence-corrected chi connectivity index (χ4v) is 5.16. The molecule has 0 bridgehead atoms. The van der Waals surface area contributed by atoms with Gasteiger partial charge in [-0.15, -0.1) is 0 Å². The molecule has 1 saturated heterocycles. The Morgan fingerprint density at radius 3 is 2.70 bits per heavy atom. The summed E-state index contributed by atoms with van der Waals surface area (Å²) in [6.45, 7) is 5.57. The summed E-state index contributed by atoms with van der Waals surface area (Å²) in [6, 6.07) is 3.60. The van der Waals surface area contributed by atoms with E-state index in [-0.39, 0.29) is 0 Å². The first kappa shape index (κ1) is 15.9. The molecule has 1 aliphatic heterocycles. The molecule has 2 rings (SSSR count). The molecule has 112 valence electrons.